The number of nitrogens with two attached hydrogens (primary N) is 1. The first-order valence-corrected chi connectivity index (χ1v) is 30.8. The normalized spacial score (nSPS) is 11.0. The van der Waals surface area contributed by atoms with Crippen LogP contribution in [0.4, 0.5) is 17.1 Å². The van der Waals surface area contributed by atoms with Crippen LogP contribution < -0.4 is 11.1 Å². The number of nitrogens with zero attached hydrogens (tertiary/aromatic N) is 2. The second kappa shape index (κ2) is 25.4. The zero-order chi connectivity index (χ0) is 59.9. The van der Waals surface area contributed by atoms with Crippen LogP contribution in [0.3, 0.4) is 0 Å². The van der Waals surface area contributed by atoms with Crippen LogP contribution in [0.2, 0.25) is 0 Å². The molecule has 16 aromatic rings. The Morgan fingerprint density at radius 1 is 0.225 bits per heavy atom. The Morgan fingerprint density at radius 2 is 0.506 bits per heavy atom. The SMILES string of the molecule is Brc1cccc(-n2c3ccc(-c4ccccc4)cc3c3cc(-c4ccccc4)ccc32)c1.Nc1ccc(-c2ccccc2)cc1.c1ccc(-c2ccc(Nc3cccc(-n4c5ccc(-c6ccccc6)cc5c5cc(-c6ccccc6)ccc54)c3)cc2)cc1. The van der Waals surface area contributed by atoms with Crippen molar-refractivity contribution in [3.8, 4) is 78.1 Å². The van der Waals surface area contributed by atoms with Gasteiger partial charge < -0.3 is 20.2 Å². The lowest BCUT2D eigenvalue weighted by Gasteiger charge is -2.12. The summed E-state index contributed by atoms with van der Waals surface area (Å²) in [6.07, 6.45) is 0. The van der Waals surface area contributed by atoms with Gasteiger partial charge in [0.05, 0.1) is 22.1 Å². The lowest BCUT2D eigenvalue weighted by molar-refractivity contribution is 1.18. The minimum Gasteiger partial charge on any atom is -0.399 e. The van der Waals surface area contributed by atoms with Gasteiger partial charge in [-0.15, -0.1) is 0 Å². The molecule has 0 saturated carbocycles. The minimum atomic E-state index is 0.805. The molecular weight excluding hydrogens is 1140 g/mol. The number of aromatic nitrogens is 2. The molecule has 0 bridgehead atoms. The number of hydrogen-bond donors (Lipinski definition) is 2. The van der Waals surface area contributed by atoms with Crippen molar-refractivity contribution in [1.29, 1.82) is 0 Å². The summed E-state index contributed by atoms with van der Waals surface area (Å²) in [5.74, 6) is 0. The molecule has 0 aliphatic heterocycles. The minimum absolute atomic E-state index is 0.805. The number of halogens is 1. The zero-order valence-corrected chi connectivity index (χ0v) is 50.4. The van der Waals surface area contributed by atoms with E-state index in [0.29, 0.717) is 0 Å². The summed E-state index contributed by atoms with van der Waals surface area (Å²) >= 11 is 3.65. The van der Waals surface area contributed by atoms with Crippen LogP contribution in [0.15, 0.2) is 356 Å². The molecule has 0 amide bonds. The third kappa shape index (κ3) is 12.0. The Morgan fingerprint density at radius 3 is 0.843 bits per heavy atom. The van der Waals surface area contributed by atoms with Gasteiger partial charge in [0.25, 0.3) is 0 Å². The third-order valence-electron chi connectivity index (χ3n) is 16.4. The van der Waals surface area contributed by atoms with Crippen molar-refractivity contribution in [3.05, 3.63) is 356 Å². The molecule has 0 unspecified atom stereocenters. The van der Waals surface area contributed by atoms with Crippen molar-refractivity contribution in [3.63, 3.8) is 0 Å². The Labute approximate surface area is 527 Å². The van der Waals surface area contributed by atoms with E-state index in [0.717, 1.165) is 32.9 Å². The van der Waals surface area contributed by atoms with Gasteiger partial charge in [0.2, 0.25) is 0 Å². The van der Waals surface area contributed by atoms with Crippen molar-refractivity contribution in [1.82, 2.24) is 9.13 Å². The van der Waals surface area contributed by atoms with E-state index >= 15 is 0 Å². The van der Waals surface area contributed by atoms with Crippen molar-refractivity contribution in [2.45, 2.75) is 0 Å². The topological polar surface area (TPSA) is 47.9 Å². The summed E-state index contributed by atoms with van der Waals surface area (Å²) in [6, 6.07) is 124. The summed E-state index contributed by atoms with van der Waals surface area (Å²) in [5, 5.41) is 8.64. The van der Waals surface area contributed by atoms with E-state index in [1.54, 1.807) is 0 Å². The molecule has 5 heteroatoms. The molecular formula is C84H61BrN4. The fourth-order valence-corrected chi connectivity index (χ4v) is 12.4. The zero-order valence-electron chi connectivity index (χ0n) is 48.8. The number of rotatable bonds is 10. The second-order valence-corrected chi connectivity index (χ2v) is 23.1. The van der Waals surface area contributed by atoms with Crippen molar-refractivity contribution < 1.29 is 0 Å². The van der Waals surface area contributed by atoms with Crippen LogP contribution in [0.5, 0.6) is 0 Å². The standard InChI is InChI=1S/C42H30N2.C30H20BrN.C12H11N/c1-4-11-30(12-5-1)33-19-23-36(24-20-33)43-37-17-10-18-38(29-37)44-41-25-21-34(31-13-6-2-7-14-31)27-39(41)40-28-35(22-26-42(40)44)32-15-8-3-9-16-32;31-25-12-7-13-26(20-25)32-29-16-14-23(21-8-3-1-4-9-21)18-27(29)28-19-24(15-17-30(28)32)22-10-5-2-6-11-22;13-12-8-6-11(7-9-12)10-4-2-1-3-5-10/h1-29,43H;1-20H;1-9H,13H2. The van der Waals surface area contributed by atoms with Gasteiger partial charge in [-0.1, -0.05) is 259 Å². The first kappa shape index (κ1) is 55.6. The fourth-order valence-electron chi connectivity index (χ4n) is 12.0. The van der Waals surface area contributed by atoms with Crippen molar-refractivity contribution in [2.24, 2.45) is 0 Å². The molecule has 2 heterocycles. The van der Waals surface area contributed by atoms with E-state index < -0.39 is 0 Å². The van der Waals surface area contributed by atoms with E-state index in [2.05, 4.69) is 334 Å². The molecule has 0 aliphatic rings. The average molecular weight is 1210 g/mol. The molecule has 0 atom stereocenters. The molecule has 0 radical (unpaired) electrons. The van der Waals surface area contributed by atoms with Crippen LogP contribution in [-0.4, -0.2) is 9.13 Å². The summed E-state index contributed by atoms with van der Waals surface area (Å²) in [5.41, 5.74) is 30.3. The molecule has 16 rings (SSSR count). The maximum Gasteiger partial charge on any atom is 0.0541 e. The molecule has 0 fully saturated rings. The van der Waals surface area contributed by atoms with Crippen LogP contribution >= 0.6 is 15.9 Å². The maximum atomic E-state index is 5.60. The van der Waals surface area contributed by atoms with Gasteiger partial charge in [0.15, 0.2) is 0 Å². The molecule has 2 aromatic heterocycles. The summed E-state index contributed by atoms with van der Waals surface area (Å²) in [7, 11) is 0. The Kier molecular flexibility index (Phi) is 15.9. The highest BCUT2D eigenvalue weighted by molar-refractivity contribution is 9.10. The van der Waals surface area contributed by atoms with Gasteiger partial charge in [-0.3, -0.25) is 0 Å². The summed E-state index contributed by atoms with van der Waals surface area (Å²) in [6.45, 7) is 0. The van der Waals surface area contributed by atoms with E-state index in [1.807, 2.05) is 48.5 Å². The van der Waals surface area contributed by atoms with Crippen LogP contribution in [0.25, 0.3) is 122 Å². The van der Waals surface area contributed by atoms with Crippen molar-refractivity contribution in [2.75, 3.05) is 11.1 Å². The monoisotopic (exact) mass is 1200 g/mol. The number of nitrogen functional groups attached to an aromatic ring is 1. The fraction of sp³-hybridized carbons (Fsp3) is 0. The lowest BCUT2D eigenvalue weighted by atomic mass is 10.0. The Balaban J connectivity index is 0.000000134. The van der Waals surface area contributed by atoms with Gasteiger partial charge in [0.1, 0.15) is 0 Å². The van der Waals surface area contributed by atoms with E-state index in [-0.39, 0.29) is 0 Å². The predicted octanol–water partition coefficient (Wildman–Crippen LogP) is 23.3. The molecule has 3 N–H and O–H groups in total. The van der Waals surface area contributed by atoms with Crippen LogP contribution in [0, 0.1) is 0 Å². The molecule has 4 nitrogen and oxygen atoms in total. The summed E-state index contributed by atoms with van der Waals surface area (Å²) < 4.78 is 5.82. The number of fused-ring (bicyclic) bond motifs is 6. The molecule has 89 heavy (non-hydrogen) atoms. The van der Waals surface area contributed by atoms with E-state index in [4.69, 9.17) is 5.73 Å². The second-order valence-electron chi connectivity index (χ2n) is 22.1. The van der Waals surface area contributed by atoms with Crippen LogP contribution in [-0.2, 0) is 0 Å². The molecule has 424 valence electrons. The predicted molar refractivity (Wildman–Crippen MR) is 382 cm³/mol. The van der Waals surface area contributed by atoms with Gasteiger partial charge in [-0.2, -0.15) is 0 Å². The highest BCUT2D eigenvalue weighted by Gasteiger charge is 2.17. The largest absolute Gasteiger partial charge is 0.399 e. The lowest BCUT2D eigenvalue weighted by Crippen LogP contribution is -1.96. The first-order valence-electron chi connectivity index (χ1n) is 30.0. The third-order valence-corrected chi connectivity index (χ3v) is 16.9. The van der Waals surface area contributed by atoms with E-state index in [1.165, 1.54) is 110 Å². The average Bonchev–Trinajstić information content (AvgIpc) is 1.64. The number of benzene rings is 14. The Hall–Kier alpha value is -11.2. The number of hydrogen-bond acceptors (Lipinski definition) is 2. The van der Waals surface area contributed by atoms with Gasteiger partial charge in [0, 0.05) is 54.5 Å². The van der Waals surface area contributed by atoms with Gasteiger partial charge >= 0.3 is 0 Å². The molecule has 0 saturated heterocycles. The highest BCUT2D eigenvalue weighted by Crippen LogP contribution is 2.40. The van der Waals surface area contributed by atoms with Crippen LogP contribution in [0.1, 0.15) is 0 Å². The smallest absolute Gasteiger partial charge is 0.0541 e. The number of anilines is 3. The summed E-state index contributed by atoms with van der Waals surface area (Å²) in [4.78, 5) is 0. The maximum absolute atomic E-state index is 5.60. The Bertz CT molecular complexity index is 4870. The van der Waals surface area contributed by atoms with Crippen molar-refractivity contribution >= 4 is 76.6 Å². The highest BCUT2D eigenvalue weighted by atomic mass is 79.9. The van der Waals surface area contributed by atoms with E-state index in [9.17, 15) is 0 Å². The van der Waals surface area contributed by atoms with Gasteiger partial charge in [-0.25, -0.2) is 0 Å². The molecule has 0 spiro atoms. The van der Waals surface area contributed by atoms with Gasteiger partial charge in [-0.05, 0) is 176 Å². The molecule has 14 aromatic carbocycles. The number of nitrogens with one attached hydrogen (secondary N) is 1. The molecule has 0 aliphatic carbocycles. The first-order chi connectivity index (χ1) is 43.9. The quantitative estimate of drug-likeness (QED) is 0.134.